The van der Waals surface area contributed by atoms with E-state index in [4.69, 9.17) is 17.0 Å². The average Bonchev–Trinajstić information content (AvgIpc) is 2.51. The van der Waals surface area contributed by atoms with Gasteiger partial charge in [0, 0.05) is 0 Å². The molecule has 2 rings (SSSR count). The smallest absolute Gasteiger partial charge is 0.264 e. The Morgan fingerprint density at radius 1 is 1.50 bits per heavy atom. The van der Waals surface area contributed by atoms with Crippen molar-refractivity contribution in [1.82, 2.24) is 5.32 Å². The van der Waals surface area contributed by atoms with Crippen molar-refractivity contribution in [1.29, 1.82) is 5.41 Å². The standard InChI is InChI=1S/C10H7ClN2O2S/c11-6-3-5(1-2-7(6)14)4-8-9(15)13-10(12)16-8/h1-4,14H,(H2,12,13,15). The molecule has 3 N–H and O–H groups in total. The quantitative estimate of drug-likeness (QED) is 0.673. The molecule has 82 valence electrons. The van der Waals surface area contributed by atoms with Crippen LogP contribution in [0.25, 0.3) is 6.08 Å². The van der Waals surface area contributed by atoms with Gasteiger partial charge in [-0.25, -0.2) is 0 Å². The van der Waals surface area contributed by atoms with Crippen LogP contribution in [0, 0.1) is 5.41 Å². The van der Waals surface area contributed by atoms with Crippen molar-refractivity contribution in [3.63, 3.8) is 0 Å². The van der Waals surface area contributed by atoms with Crippen LogP contribution in [0.1, 0.15) is 5.56 Å². The molecule has 16 heavy (non-hydrogen) atoms. The van der Waals surface area contributed by atoms with E-state index >= 15 is 0 Å². The van der Waals surface area contributed by atoms with Crippen LogP contribution in [0.5, 0.6) is 5.75 Å². The van der Waals surface area contributed by atoms with Crippen LogP contribution in [0.2, 0.25) is 5.02 Å². The summed E-state index contributed by atoms with van der Waals surface area (Å²) in [6.07, 6.45) is 1.62. The van der Waals surface area contributed by atoms with Gasteiger partial charge in [-0.05, 0) is 35.5 Å². The summed E-state index contributed by atoms with van der Waals surface area (Å²) in [5.74, 6) is -0.292. The molecule has 0 spiro atoms. The third-order valence-electron chi connectivity index (χ3n) is 1.93. The van der Waals surface area contributed by atoms with E-state index in [9.17, 15) is 9.90 Å². The Morgan fingerprint density at radius 2 is 2.25 bits per heavy atom. The third kappa shape index (κ3) is 2.20. The van der Waals surface area contributed by atoms with Gasteiger partial charge in [0.25, 0.3) is 5.91 Å². The molecule has 1 aromatic rings. The van der Waals surface area contributed by atoms with Gasteiger partial charge in [0.05, 0.1) is 9.93 Å². The molecule has 1 heterocycles. The summed E-state index contributed by atoms with van der Waals surface area (Å²) >= 11 is 6.79. The Bertz CT molecular complexity index is 514. The lowest BCUT2D eigenvalue weighted by atomic mass is 10.2. The van der Waals surface area contributed by atoms with Crippen LogP contribution in [0.15, 0.2) is 23.1 Å². The van der Waals surface area contributed by atoms with E-state index in [0.29, 0.717) is 10.5 Å². The predicted octanol–water partition coefficient (Wildman–Crippen LogP) is 2.18. The minimum Gasteiger partial charge on any atom is -0.506 e. The van der Waals surface area contributed by atoms with Crippen molar-refractivity contribution >= 4 is 40.5 Å². The Morgan fingerprint density at radius 3 is 2.81 bits per heavy atom. The maximum absolute atomic E-state index is 11.3. The molecule has 0 unspecified atom stereocenters. The lowest BCUT2D eigenvalue weighted by molar-refractivity contribution is -0.115. The molecule has 1 amide bonds. The van der Waals surface area contributed by atoms with Crippen LogP contribution in [0.4, 0.5) is 0 Å². The highest BCUT2D eigenvalue weighted by molar-refractivity contribution is 8.18. The summed E-state index contributed by atoms with van der Waals surface area (Å²) in [5, 5.41) is 19.2. The van der Waals surface area contributed by atoms with E-state index in [1.807, 2.05) is 0 Å². The summed E-state index contributed by atoms with van der Waals surface area (Å²) in [4.78, 5) is 11.8. The molecule has 1 aliphatic heterocycles. The zero-order chi connectivity index (χ0) is 11.7. The van der Waals surface area contributed by atoms with Crippen molar-refractivity contribution in [2.45, 2.75) is 0 Å². The van der Waals surface area contributed by atoms with E-state index < -0.39 is 0 Å². The van der Waals surface area contributed by atoms with Crippen LogP contribution in [0.3, 0.4) is 0 Å². The van der Waals surface area contributed by atoms with Crippen molar-refractivity contribution in [3.8, 4) is 5.75 Å². The molecule has 0 saturated carbocycles. The third-order valence-corrected chi connectivity index (χ3v) is 3.06. The monoisotopic (exact) mass is 254 g/mol. The molecule has 1 fully saturated rings. The molecule has 6 heteroatoms. The molecule has 0 aromatic heterocycles. The summed E-state index contributed by atoms with van der Waals surface area (Å²) < 4.78 is 0. The van der Waals surface area contributed by atoms with Gasteiger partial charge in [-0.2, -0.15) is 0 Å². The minimum atomic E-state index is -0.292. The number of amides is 1. The maximum Gasteiger partial charge on any atom is 0.264 e. The number of carbonyl (C=O) groups is 1. The van der Waals surface area contributed by atoms with Gasteiger partial charge < -0.3 is 10.4 Å². The van der Waals surface area contributed by atoms with Gasteiger partial charge >= 0.3 is 0 Å². The Balaban J connectivity index is 2.32. The number of benzene rings is 1. The first kappa shape index (κ1) is 11.0. The van der Waals surface area contributed by atoms with Crippen LogP contribution in [-0.4, -0.2) is 16.2 Å². The van der Waals surface area contributed by atoms with E-state index in [0.717, 1.165) is 11.8 Å². The molecular formula is C10H7ClN2O2S. The normalized spacial score (nSPS) is 17.9. The maximum atomic E-state index is 11.3. The molecule has 4 nitrogen and oxygen atoms in total. The molecule has 0 atom stereocenters. The van der Waals surface area contributed by atoms with Crippen LogP contribution >= 0.6 is 23.4 Å². The molecule has 1 saturated heterocycles. The number of nitrogens with one attached hydrogen (secondary N) is 2. The molecule has 1 aromatic carbocycles. The highest BCUT2D eigenvalue weighted by Gasteiger charge is 2.22. The SMILES string of the molecule is N=C1NC(=O)C(=Cc2ccc(O)c(Cl)c2)S1. The second-order valence-corrected chi connectivity index (χ2v) is 4.56. The summed E-state index contributed by atoms with van der Waals surface area (Å²) in [7, 11) is 0. The molecule has 0 aliphatic carbocycles. The highest BCUT2D eigenvalue weighted by atomic mass is 35.5. The summed E-state index contributed by atoms with van der Waals surface area (Å²) in [6, 6.07) is 4.65. The highest BCUT2D eigenvalue weighted by Crippen LogP contribution is 2.28. The van der Waals surface area contributed by atoms with Gasteiger partial charge in [0.15, 0.2) is 5.17 Å². The minimum absolute atomic E-state index is 0.0000799. The fraction of sp³-hybridized carbons (Fsp3) is 0. The summed E-state index contributed by atoms with van der Waals surface area (Å²) in [5.41, 5.74) is 0.704. The van der Waals surface area contributed by atoms with Gasteiger partial charge in [0.2, 0.25) is 0 Å². The van der Waals surface area contributed by atoms with Gasteiger partial charge in [0.1, 0.15) is 5.75 Å². The van der Waals surface area contributed by atoms with Crippen molar-refractivity contribution < 1.29 is 9.90 Å². The largest absolute Gasteiger partial charge is 0.506 e. The molecule has 1 aliphatic rings. The second-order valence-electron chi connectivity index (χ2n) is 3.10. The van der Waals surface area contributed by atoms with E-state index in [1.165, 1.54) is 6.07 Å². The van der Waals surface area contributed by atoms with Crippen LogP contribution in [-0.2, 0) is 4.79 Å². The number of amidine groups is 1. The number of hydrogen-bond acceptors (Lipinski definition) is 4. The van der Waals surface area contributed by atoms with Crippen LogP contribution < -0.4 is 5.32 Å². The van der Waals surface area contributed by atoms with Gasteiger partial charge in [-0.3, -0.25) is 10.2 Å². The number of aromatic hydroxyl groups is 1. The molecule has 0 radical (unpaired) electrons. The Kier molecular flexibility index (Phi) is 2.89. The topological polar surface area (TPSA) is 73.2 Å². The fourth-order valence-corrected chi connectivity index (χ4v) is 2.10. The van der Waals surface area contributed by atoms with Gasteiger partial charge in [-0.1, -0.05) is 17.7 Å². The first-order chi connectivity index (χ1) is 7.56. The number of halogens is 1. The first-order valence-electron chi connectivity index (χ1n) is 4.34. The Labute approximate surface area is 101 Å². The number of rotatable bonds is 1. The first-order valence-corrected chi connectivity index (χ1v) is 5.53. The second kappa shape index (κ2) is 4.19. The number of phenolic OH excluding ortho intramolecular Hbond substituents is 1. The lowest BCUT2D eigenvalue weighted by Gasteiger charge is -1.98. The number of hydrogen-bond donors (Lipinski definition) is 3. The fourth-order valence-electron chi connectivity index (χ4n) is 1.21. The van der Waals surface area contributed by atoms with Crippen molar-refractivity contribution in [3.05, 3.63) is 33.7 Å². The molecule has 0 bridgehead atoms. The van der Waals surface area contributed by atoms with Crippen molar-refractivity contribution in [2.75, 3.05) is 0 Å². The summed E-state index contributed by atoms with van der Waals surface area (Å²) in [6.45, 7) is 0. The van der Waals surface area contributed by atoms with E-state index in [-0.39, 0.29) is 21.8 Å². The van der Waals surface area contributed by atoms with E-state index in [2.05, 4.69) is 5.32 Å². The number of phenols is 1. The van der Waals surface area contributed by atoms with Gasteiger partial charge in [-0.15, -0.1) is 0 Å². The Hall–Kier alpha value is -1.46. The van der Waals surface area contributed by atoms with E-state index in [1.54, 1.807) is 18.2 Å². The zero-order valence-electron chi connectivity index (χ0n) is 7.95. The molecular weight excluding hydrogens is 248 g/mol. The average molecular weight is 255 g/mol. The lowest BCUT2D eigenvalue weighted by Crippen LogP contribution is -2.18. The zero-order valence-corrected chi connectivity index (χ0v) is 9.52. The van der Waals surface area contributed by atoms with Crippen molar-refractivity contribution in [2.24, 2.45) is 0 Å². The number of thioether (sulfide) groups is 1. The predicted molar refractivity (Wildman–Crippen MR) is 64.6 cm³/mol. The number of carbonyl (C=O) groups excluding carboxylic acids is 1.